The van der Waals surface area contributed by atoms with Crippen LogP contribution in [0.1, 0.15) is 61.3 Å². The molecular formula is C25H33BrF3N5O. The van der Waals surface area contributed by atoms with Gasteiger partial charge >= 0.3 is 6.36 Å². The predicted octanol–water partition coefficient (Wildman–Crippen LogP) is 5.60. The van der Waals surface area contributed by atoms with Crippen molar-refractivity contribution in [3.8, 4) is 5.75 Å². The molecule has 6 nitrogen and oxygen atoms in total. The zero-order valence-electron chi connectivity index (χ0n) is 20.2. The number of anilines is 2. The molecule has 10 heteroatoms. The van der Waals surface area contributed by atoms with Crippen LogP contribution < -0.4 is 20.7 Å². The van der Waals surface area contributed by atoms with Gasteiger partial charge in [0.1, 0.15) is 11.6 Å². The summed E-state index contributed by atoms with van der Waals surface area (Å²) in [4.78, 5) is 11.2. The Morgan fingerprint density at radius 2 is 1.89 bits per heavy atom. The molecule has 1 unspecified atom stereocenters. The number of hydrogen-bond acceptors (Lipinski definition) is 6. The second-order valence-corrected chi connectivity index (χ2v) is 10.7. The second-order valence-electron chi connectivity index (χ2n) is 9.77. The van der Waals surface area contributed by atoms with E-state index in [-0.39, 0.29) is 5.75 Å². The van der Waals surface area contributed by atoms with Crippen molar-refractivity contribution in [2.24, 2.45) is 5.92 Å². The normalized spacial score (nSPS) is 22.5. The fourth-order valence-corrected chi connectivity index (χ4v) is 5.97. The zero-order chi connectivity index (χ0) is 25.2. The zero-order valence-corrected chi connectivity index (χ0v) is 21.8. The van der Waals surface area contributed by atoms with Crippen LogP contribution >= 0.6 is 15.9 Å². The number of aromatic nitrogens is 2. The summed E-state index contributed by atoms with van der Waals surface area (Å²) in [5, 5.41) is 3.56. The Kier molecular flexibility index (Phi) is 8.10. The van der Waals surface area contributed by atoms with Crippen molar-refractivity contribution in [3.05, 3.63) is 39.5 Å². The fraction of sp³-hybridized carbons (Fsp3) is 0.600. The van der Waals surface area contributed by atoms with Gasteiger partial charge in [-0.25, -0.2) is 4.98 Å². The molecule has 35 heavy (non-hydrogen) atoms. The van der Waals surface area contributed by atoms with Crippen molar-refractivity contribution in [3.63, 3.8) is 0 Å². The third-order valence-corrected chi connectivity index (χ3v) is 7.66. The highest BCUT2D eigenvalue weighted by Gasteiger charge is 2.35. The third-order valence-electron chi connectivity index (χ3n) is 7.17. The van der Waals surface area contributed by atoms with Crippen molar-refractivity contribution in [1.82, 2.24) is 15.3 Å². The van der Waals surface area contributed by atoms with E-state index >= 15 is 0 Å². The summed E-state index contributed by atoms with van der Waals surface area (Å²) < 4.78 is 43.1. The quantitative estimate of drug-likeness (QED) is 0.463. The lowest BCUT2D eigenvalue weighted by molar-refractivity contribution is -0.274. The van der Waals surface area contributed by atoms with Gasteiger partial charge in [0.05, 0.1) is 5.69 Å². The van der Waals surface area contributed by atoms with Gasteiger partial charge in [-0.3, -0.25) is 0 Å². The number of nitrogens with one attached hydrogen (secondary N) is 1. The smallest absolute Gasteiger partial charge is 0.405 e. The highest BCUT2D eigenvalue weighted by Crippen LogP contribution is 2.45. The minimum atomic E-state index is -4.71. The topological polar surface area (TPSA) is 76.3 Å². The molecule has 3 N–H and O–H groups in total. The van der Waals surface area contributed by atoms with Crippen LogP contribution in [0.4, 0.5) is 24.9 Å². The molecule has 0 bridgehead atoms. The van der Waals surface area contributed by atoms with Gasteiger partial charge in [0.15, 0.2) is 0 Å². The van der Waals surface area contributed by atoms with Gasteiger partial charge in [-0.1, -0.05) is 22.0 Å². The minimum Gasteiger partial charge on any atom is -0.405 e. The number of halogens is 4. The van der Waals surface area contributed by atoms with Crippen LogP contribution in [0.25, 0.3) is 0 Å². The molecular weight excluding hydrogens is 523 g/mol. The minimum absolute atomic E-state index is 0.145. The van der Waals surface area contributed by atoms with Gasteiger partial charge in [0.2, 0.25) is 5.95 Å². The fourth-order valence-electron chi connectivity index (χ4n) is 5.63. The van der Waals surface area contributed by atoms with Crippen molar-refractivity contribution in [2.45, 2.75) is 69.7 Å². The molecule has 1 heterocycles. The summed E-state index contributed by atoms with van der Waals surface area (Å²) in [7, 11) is 4.01. The molecule has 0 aliphatic heterocycles. The molecule has 2 aliphatic rings. The van der Waals surface area contributed by atoms with Crippen LogP contribution in [0.2, 0.25) is 0 Å². The standard InChI is InChI=1S/C25H33BrF3N5O/c1-34(2)23-22-19(4-3-5-20(22)32-24(30)33-23)15-7-10-18(11-8-15)31-13-12-16-6-9-17(26)14-21(16)35-25(27,28)29/h6,9,14-15,18-19,31H,3-5,7-8,10-13H2,1-2H3,(H2,30,32,33)/t15-,18+,19?. The highest BCUT2D eigenvalue weighted by molar-refractivity contribution is 9.10. The first-order valence-corrected chi connectivity index (χ1v) is 13.0. The lowest BCUT2D eigenvalue weighted by Gasteiger charge is -2.38. The molecule has 192 valence electrons. The average Bonchev–Trinajstić information content (AvgIpc) is 2.79. The molecule has 0 saturated heterocycles. The van der Waals surface area contributed by atoms with Gasteiger partial charge in [0.25, 0.3) is 0 Å². The number of benzene rings is 1. The van der Waals surface area contributed by atoms with E-state index in [9.17, 15) is 13.2 Å². The van der Waals surface area contributed by atoms with Crippen molar-refractivity contribution in [2.75, 3.05) is 31.3 Å². The summed E-state index contributed by atoms with van der Waals surface area (Å²) in [6.45, 7) is 0.606. The molecule has 1 aromatic heterocycles. The number of nitrogens with two attached hydrogens (primary N) is 1. The number of nitrogens with zero attached hydrogens (tertiary/aromatic N) is 3. The van der Waals surface area contributed by atoms with E-state index in [2.05, 4.69) is 36.0 Å². The molecule has 1 saturated carbocycles. The van der Waals surface area contributed by atoms with Crippen LogP contribution in [-0.4, -0.2) is 43.0 Å². The van der Waals surface area contributed by atoms with E-state index in [1.54, 1.807) is 12.1 Å². The van der Waals surface area contributed by atoms with Crippen LogP contribution in [0, 0.1) is 5.92 Å². The van der Waals surface area contributed by atoms with Crippen LogP contribution in [0.5, 0.6) is 5.75 Å². The summed E-state index contributed by atoms with van der Waals surface area (Å²) in [5.74, 6) is 2.17. The number of alkyl halides is 3. The Morgan fingerprint density at radius 1 is 1.14 bits per heavy atom. The lowest BCUT2D eigenvalue weighted by atomic mass is 9.71. The van der Waals surface area contributed by atoms with E-state index in [1.165, 1.54) is 11.6 Å². The Morgan fingerprint density at radius 3 is 2.57 bits per heavy atom. The first-order valence-electron chi connectivity index (χ1n) is 12.2. The first-order chi connectivity index (χ1) is 16.6. The summed E-state index contributed by atoms with van der Waals surface area (Å²) in [6.07, 6.45) is 3.31. The number of ether oxygens (including phenoxy) is 1. The number of fused-ring (bicyclic) bond motifs is 1. The van der Waals surface area contributed by atoms with E-state index in [0.29, 0.717) is 46.8 Å². The predicted molar refractivity (Wildman–Crippen MR) is 135 cm³/mol. The summed E-state index contributed by atoms with van der Waals surface area (Å²) >= 11 is 3.22. The maximum Gasteiger partial charge on any atom is 0.573 e. The van der Waals surface area contributed by atoms with E-state index in [1.807, 2.05) is 19.0 Å². The number of rotatable bonds is 7. The third kappa shape index (κ3) is 6.58. The molecule has 1 aromatic carbocycles. The number of nitrogen functional groups attached to an aromatic ring is 1. The molecule has 1 atom stereocenters. The Labute approximate surface area is 213 Å². The maximum absolute atomic E-state index is 12.8. The van der Waals surface area contributed by atoms with Gasteiger partial charge < -0.3 is 20.7 Å². The Balaban J connectivity index is 1.34. The van der Waals surface area contributed by atoms with Gasteiger partial charge in [-0.05, 0) is 87.4 Å². The molecule has 0 radical (unpaired) electrons. The van der Waals surface area contributed by atoms with Gasteiger partial charge in [-0.2, -0.15) is 4.98 Å². The van der Waals surface area contributed by atoms with Crippen LogP contribution in [0.15, 0.2) is 22.7 Å². The monoisotopic (exact) mass is 555 g/mol. The molecule has 0 amide bonds. The first kappa shape index (κ1) is 26.0. The number of aryl methyl sites for hydroxylation is 1. The van der Waals surface area contributed by atoms with E-state index in [4.69, 9.17) is 5.73 Å². The molecule has 2 aromatic rings. The molecule has 1 fully saturated rings. The van der Waals surface area contributed by atoms with E-state index in [0.717, 1.165) is 56.5 Å². The average molecular weight is 556 g/mol. The highest BCUT2D eigenvalue weighted by atomic mass is 79.9. The van der Waals surface area contributed by atoms with Crippen LogP contribution in [-0.2, 0) is 12.8 Å². The molecule has 0 spiro atoms. The Bertz CT molecular complexity index is 1020. The summed E-state index contributed by atoms with van der Waals surface area (Å²) in [5.41, 5.74) is 8.90. The SMILES string of the molecule is CN(C)c1nc(N)nc2c1C([C@H]1CC[C@@H](NCCc3ccc(Br)cc3OC(F)(F)F)CC1)CCC2. The summed E-state index contributed by atoms with van der Waals surface area (Å²) in [6, 6.07) is 5.16. The van der Waals surface area contributed by atoms with Crippen LogP contribution in [0.3, 0.4) is 0 Å². The molecule has 4 rings (SSSR count). The second kappa shape index (κ2) is 10.9. The largest absolute Gasteiger partial charge is 0.573 e. The molecule has 2 aliphatic carbocycles. The Hall–Kier alpha value is -2.07. The lowest BCUT2D eigenvalue weighted by Crippen LogP contribution is -2.36. The van der Waals surface area contributed by atoms with Crippen molar-refractivity contribution >= 4 is 27.7 Å². The van der Waals surface area contributed by atoms with Crippen molar-refractivity contribution in [1.29, 1.82) is 0 Å². The maximum atomic E-state index is 12.8. The van der Waals surface area contributed by atoms with E-state index < -0.39 is 6.36 Å². The number of hydrogen-bond donors (Lipinski definition) is 2. The van der Waals surface area contributed by atoms with Crippen molar-refractivity contribution < 1.29 is 17.9 Å². The van der Waals surface area contributed by atoms with Gasteiger partial charge in [-0.15, -0.1) is 13.2 Å². The van der Waals surface area contributed by atoms with Gasteiger partial charge in [0, 0.05) is 30.2 Å².